The number of hydrogen-bond donors (Lipinski definition) is 3. The molecule has 3 N–H and O–H groups in total. The molecule has 0 saturated carbocycles. The van der Waals surface area contributed by atoms with E-state index in [0.717, 1.165) is 12.2 Å². The number of nitrogens with one attached hydrogen (secondary N) is 2. The zero-order valence-electron chi connectivity index (χ0n) is 16.7. The Labute approximate surface area is 173 Å². The van der Waals surface area contributed by atoms with Gasteiger partial charge in [-0.25, -0.2) is 0 Å². The summed E-state index contributed by atoms with van der Waals surface area (Å²) in [5.41, 5.74) is 1.25. The molecule has 10 heteroatoms. The van der Waals surface area contributed by atoms with Gasteiger partial charge in [-0.3, -0.25) is 14.4 Å². The van der Waals surface area contributed by atoms with Crippen LogP contribution in [0.3, 0.4) is 0 Å². The van der Waals surface area contributed by atoms with Crippen molar-refractivity contribution in [3.05, 3.63) is 34.8 Å². The summed E-state index contributed by atoms with van der Waals surface area (Å²) in [7, 11) is 0. The zero-order chi connectivity index (χ0) is 21.6. The SMILES string of the molecule is CCc1ccc(OC(C)c2nnc(NC(=O)CCCNC(C)=O)s2)cc1.O=CO. The van der Waals surface area contributed by atoms with Crippen molar-refractivity contribution < 1.29 is 24.2 Å². The lowest BCUT2D eigenvalue weighted by molar-refractivity contribution is -0.123. The third kappa shape index (κ3) is 9.65. The van der Waals surface area contributed by atoms with E-state index < -0.39 is 0 Å². The molecule has 2 aromatic rings. The number of rotatable bonds is 9. The van der Waals surface area contributed by atoms with Gasteiger partial charge in [0.2, 0.25) is 16.9 Å². The summed E-state index contributed by atoms with van der Waals surface area (Å²) in [5.74, 6) is 0.521. The second-order valence-corrected chi connectivity index (χ2v) is 6.95. The van der Waals surface area contributed by atoms with Crippen LogP contribution in [-0.4, -0.2) is 40.1 Å². The lowest BCUT2D eigenvalue weighted by Gasteiger charge is -2.11. The molecule has 0 aliphatic carbocycles. The molecule has 0 aliphatic rings. The highest BCUT2D eigenvalue weighted by molar-refractivity contribution is 7.15. The van der Waals surface area contributed by atoms with Crippen molar-refractivity contribution in [2.75, 3.05) is 11.9 Å². The molecule has 29 heavy (non-hydrogen) atoms. The lowest BCUT2D eigenvalue weighted by Crippen LogP contribution is -2.22. The summed E-state index contributed by atoms with van der Waals surface area (Å²) < 4.78 is 5.88. The minimum Gasteiger partial charge on any atom is -0.483 e. The van der Waals surface area contributed by atoms with Crippen molar-refractivity contribution in [2.45, 2.75) is 46.1 Å². The average Bonchev–Trinajstić information content (AvgIpc) is 3.15. The third-order valence-electron chi connectivity index (χ3n) is 3.63. The molecule has 2 amide bonds. The second-order valence-electron chi connectivity index (χ2n) is 5.94. The van der Waals surface area contributed by atoms with Crippen molar-refractivity contribution in [1.29, 1.82) is 0 Å². The molecular weight excluding hydrogens is 396 g/mol. The van der Waals surface area contributed by atoms with Crippen LogP contribution in [0.2, 0.25) is 0 Å². The van der Waals surface area contributed by atoms with Gasteiger partial charge in [-0.05, 0) is 37.5 Å². The third-order valence-corrected chi connectivity index (χ3v) is 4.63. The molecule has 1 atom stereocenters. The van der Waals surface area contributed by atoms with Crippen LogP contribution < -0.4 is 15.4 Å². The van der Waals surface area contributed by atoms with E-state index >= 15 is 0 Å². The maximum atomic E-state index is 11.9. The van der Waals surface area contributed by atoms with Gasteiger partial charge in [-0.15, -0.1) is 10.2 Å². The maximum absolute atomic E-state index is 11.9. The minimum atomic E-state index is -0.259. The van der Waals surface area contributed by atoms with E-state index in [1.165, 1.54) is 23.8 Å². The maximum Gasteiger partial charge on any atom is 0.290 e. The van der Waals surface area contributed by atoms with E-state index in [1.54, 1.807) is 0 Å². The van der Waals surface area contributed by atoms with Crippen molar-refractivity contribution >= 4 is 34.8 Å². The van der Waals surface area contributed by atoms with Gasteiger partial charge in [0.1, 0.15) is 11.9 Å². The Balaban J connectivity index is 0.00000132. The van der Waals surface area contributed by atoms with E-state index in [4.69, 9.17) is 14.6 Å². The number of ether oxygens (including phenoxy) is 1. The van der Waals surface area contributed by atoms with Crippen LogP contribution >= 0.6 is 11.3 Å². The first-order valence-corrected chi connectivity index (χ1v) is 9.92. The standard InChI is InChI=1S/C18H24N4O3S.CH2O2/c1-4-14-7-9-15(10-8-14)25-12(2)17-21-22-18(26-17)20-16(24)6-5-11-19-13(3)23;2-1-3/h7-10,12H,4-6,11H2,1-3H3,(H,19,23)(H,20,22,24);1H,(H,2,3). The number of nitrogens with zero attached hydrogens (tertiary/aromatic N) is 2. The number of anilines is 1. The molecule has 1 heterocycles. The molecule has 1 aromatic carbocycles. The largest absolute Gasteiger partial charge is 0.483 e. The lowest BCUT2D eigenvalue weighted by atomic mass is 10.2. The van der Waals surface area contributed by atoms with Crippen LogP contribution in [0.1, 0.15) is 50.3 Å². The molecule has 0 spiro atoms. The van der Waals surface area contributed by atoms with Crippen molar-refractivity contribution in [2.24, 2.45) is 0 Å². The number of benzene rings is 1. The fourth-order valence-electron chi connectivity index (χ4n) is 2.20. The van der Waals surface area contributed by atoms with E-state index in [9.17, 15) is 9.59 Å². The highest BCUT2D eigenvalue weighted by atomic mass is 32.1. The quantitative estimate of drug-likeness (QED) is 0.418. The highest BCUT2D eigenvalue weighted by Gasteiger charge is 2.15. The Bertz CT molecular complexity index is 779. The van der Waals surface area contributed by atoms with Crippen molar-refractivity contribution in [1.82, 2.24) is 15.5 Å². The normalized spacial score (nSPS) is 10.9. The van der Waals surface area contributed by atoms with Crippen LogP contribution in [0.25, 0.3) is 0 Å². The Morgan fingerprint density at radius 2 is 1.93 bits per heavy atom. The Kier molecular flexibility index (Phi) is 10.9. The Hall–Kier alpha value is -3.01. The van der Waals surface area contributed by atoms with Crippen LogP contribution in [0.15, 0.2) is 24.3 Å². The summed E-state index contributed by atoms with van der Waals surface area (Å²) in [6.07, 6.45) is 1.61. The average molecular weight is 423 g/mol. The molecule has 0 radical (unpaired) electrons. The molecule has 1 aromatic heterocycles. The van der Waals surface area contributed by atoms with Crippen molar-refractivity contribution in [3.63, 3.8) is 0 Å². The fraction of sp³-hybridized carbons (Fsp3) is 0.421. The first-order chi connectivity index (χ1) is 13.9. The summed E-state index contributed by atoms with van der Waals surface area (Å²) in [5, 5.41) is 21.5. The van der Waals surface area contributed by atoms with Crippen LogP contribution in [-0.2, 0) is 20.8 Å². The molecular formula is C19H26N4O5S. The highest BCUT2D eigenvalue weighted by Crippen LogP contribution is 2.26. The molecule has 0 bridgehead atoms. The predicted molar refractivity (Wildman–Crippen MR) is 110 cm³/mol. The molecule has 0 aliphatic heterocycles. The van der Waals surface area contributed by atoms with Gasteiger partial charge in [0.15, 0.2) is 5.01 Å². The monoisotopic (exact) mass is 422 g/mol. The van der Waals surface area contributed by atoms with Crippen LogP contribution in [0.4, 0.5) is 5.13 Å². The van der Waals surface area contributed by atoms with E-state index in [2.05, 4.69) is 27.8 Å². The summed E-state index contributed by atoms with van der Waals surface area (Å²) >= 11 is 1.29. The van der Waals surface area contributed by atoms with Gasteiger partial charge in [-0.2, -0.15) is 0 Å². The van der Waals surface area contributed by atoms with Gasteiger partial charge in [-0.1, -0.05) is 30.4 Å². The fourth-order valence-corrected chi connectivity index (χ4v) is 2.94. The Morgan fingerprint density at radius 1 is 1.28 bits per heavy atom. The number of carbonyl (C=O) groups is 3. The number of aromatic nitrogens is 2. The summed E-state index contributed by atoms with van der Waals surface area (Å²) in [6.45, 7) is 5.68. The molecule has 1 unspecified atom stereocenters. The molecule has 9 nitrogen and oxygen atoms in total. The van der Waals surface area contributed by atoms with Gasteiger partial charge in [0, 0.05) is 19.9 Å². The van der Waals surface area contributed by atoms with Gasteiger partial charge in [0.25, 0.3) is 6.47 Å². The van der Waals surface area contributed by atoms with E-state index in [1.807, 2.05) is 31.2 Å². The minimum absolute atomic E-state index is 0.0995. The van der Waals surface area contributed by atoms with Gasteiger partial charge >= 0.3 is 0 Å². The van der Waals surface area contributed by atoms with E-state index in [0.29, 0.717) is 29.5 Å². The zero-order valence-corrected chi connectivity index (χ0v) is 17.5. The van der Waals surface area contributed by atoms with Crippen molar-refractivity contribution in [3.8, 4) is 5.75 Å². The Morgan fingerprint density at radius 3 is 2.52 bits per heavy atom. The van der Waals surface area contributed by atoms with Gasteiger partial charge in [0.05, 0.1) is 0 Å². The predicted octanol–water partition coefficient (Wildman–Crippen LogP) is 2.80. The summed E-state index contributed by atoms with van der Waals surface area (Å²) in [6, 6.07) is 7.95. The number of carbonyl (C=O) groups excluding carboxylic acids is 2. The molecule has 2 rings (SSSR count). The number of amides is 2. The number of aryl methyl sites for hydroxylation is 1. The topological polar surface area (TPSA) is 131 Å². The first-order valence-electron chi connectivity index (χ1n) is 9.10. The van der Waals surface area contributed by atoms with Crippen LogP contribution in [0.5, 0.6) is 5.75 Å². The second kappa shape index (κ2) is 13.2. The molecule has 0 fully saturated rings. The van der Waals surface area contributed by atoms with Gasteiger partial charge < -0.3 is 20.5 Å². The van der Waals surface area contributed by atoms with E-state index in [-0.39, 0.29) is 24.4 Å². The molecule has 158 valence electrons. The molecule has 0 saturated heterocycles. The smallest absolute Gasteiger partial charge is 0.290 e. The van der Waals surface area contributed by atoms with Crippen LogP contribution in [0, 0.1) is 0 Å². The number of carboxylic acid groups (broad SMARTS) is 1. The first kappa shape index (κ1) is 24.0. The number of hydrogen-bond acceptors (Lipinski definition) is 7. The summed E-state index contributed by atoms with van der Waals surface area (Å²) in [4.78, 5) is 31.0.